The zero-order valence-corrected chi connectivity index (χ0v) is 17.7. The molecule has 0 aromatic heterocycles. The lowest BCUT2D eigenvalue weighted by Gasteiger charge is -2.52. The van der Waals surface area contributed by atoms with E-state index in [1.807, 2.05) is 0 Å². The second kappa shape index (κ2) is 6.64. The Morgan fingerprint density at radius 3 is 2.31 bits per heavy atom. The summed E-state index contributed by atoms with van der Waals surface area (Å²) in [6.07, 6.45) is -0.200. The molecule has 0 aliphatic heterocycles. The van der Waals surface area contributed by atoms with Crippen molar-refractivity contribution in [1.29, 1.82) is 0 Å². The molecule has 170 valence electrons. The van der Waals surface area contributed by atoms with Gasteiger partial charge in [0.15, 0.2) is 5.60 Å². The van der Waals surface area contributed by atoms with E-state index in [0.717, 1.165) is 0 Å². The number of phenols is 1. The highest BCUT2D eigenvalue weighted by Gasteiger charge is 2.67. The molecular formula is C22H24N2O8. The first-order chi connectivity index (χ1) is 14.8. The highest BCUT2D eigenvalue weighted by molar-refractivity contribution is 6.33. The van der Waals surface area contributed by atoms with Gasteiger partial charge in [0.2, 0.25) is 11.6 Å². The maximum atomic E-state index is 13.6. The molecule has 3 aliphatic rings. The van der Waals surface area contributed by atoms with Crippen LogP contribution in [0.3, 0.4) is 0 Å². The summed E-state index contributed by atoms with van der Waals surface area (Å²) >= 11 is 0. The van der Waals surface area contributed by atoms with Gasteiger partial charge in [-0.1, -0.05) is 12.1 Å². The third kappa shape index (κ3) is 2.48. The number of aromatic hydroxyl groups is 1. The monoisotopic (exact) mass is 444 g/mol. The molecular weight excluding hydrogens is 420 g/mol. The average molecular weight is 444 g/mol. The van der Waals surface area contributed by atoms with Crippen molar-refractivity contribution in [2.45, 2.75) is 30.6 Å². The van der Waals surface area contributed by atoms with E-state index in [1.54, 1.807) is 0 Å². The van der Waals surface area contributed by atoms with Gasteiger partial charge in [-0.3, -0.25) is 19.3 Å². The first-order valence-corrected chi connectivity index (χ1v) is 9.97. The maximum Gasteiger partial charge on any atom is 0.255 e. The van der Waals surface area contributed by atoms with Gasteiger partial charge in [0.1, 0.15) is 22.8 Å². The van der Waals surface area contributed by atoms with Crippen molar-refractivity contribution in [3.63, 3.8) is 0 Å². The fourth-order valence-corrected chi connectivity index (χ4v) is 5.51. The van der Waals surface area contributed by atoms with E-state index in [0.29, 0.717) is 0 Å². The quantitative estimate of drug-likeness (QED) is 0.262. The van der Waals surface area contributed by atoms with Crippen LogP contribution in [0.1, 0.15) is 24.5 Å². The van der Waals surface area contributed by atoms with Gasteiger partial charge in [0.05, 0.1) is 17.2 Å². The normalized spacial score (nSPS) is 34.4. The molecule has 0 spiro atoms. The smallest absolute Gasteiger partial charge is 0.255 e. The lowest BCUT2D eigenvalue weighted by atomic mass is 9.54. The Kier molecular flexibility index (Phi) is 4.57. The number of primary amides is 1. The zero-order valence-electron chi connectivity index (χ0n) is 17.7. The van der Waals surface area contributed by atoms with Gasteiger partial charge in [0.25, 0.3) is 5.91 Å². The number of Topliss-reactive ketones (excluding diaryl/α,β-unsaturated/α-hetero) is 2. The predicted octanol–water partition coefficient (Wildman–Crippen LogP) is -0.371. The van der Waals surface area contributed by atoms with Crippen molar-refractivity contribution in [2.75, 3.05) is 14.1 Å². The van der Waals surface area contributed by atoms with Crippen molar-refractivity contribution in [1.82, 2.24) is 4.90 Å². The van der Waals surface area contributed by atoms with Gasteiger partial charge in [-0.25, -0.2) is 0 Å². The van der Waals surface area contributed by atoms with Gasteiger partial charge in [-0.2, -0.15) is 0 Å². The van der Waals surface area contributed by atoms with Crippen LogP contribution in [0.15, 0.2) is 35.1 Å². The number of hydrogen-bond acceptors (Lipinski definition) is 9. The van der Waals surface area contributed by atoms with Crippen LogP contribution < -0.4 is 5.73 Å². The Balaban J connectivity index is 2.03. The minimum atomic E-state index is -2.82. The highest BCUT2D eigenvalue weighted by Crippen LogP contribution is 2.56. The molecule has 10 nitrogen and oxygen atoms in total. The number of aliphatic hydroxyl groups is 4. The van der Waals surface area contributed by atoms with Gasteiger partial charge in [-0.05, 0) is 39.1 Å². The molecule has 4 rings (SSSR count). The summed E-state index contributed by atoms with van der Waals surface area (Å²) < 4.78 is 0. The second-order valence-corrected chi connectivity index (χ2v) is 8.96. The predicted molar refractivity (Wildman–Crippen MR) is 110 cm³/mol. The van der Waals surface area contributed by atoms with Crippen molar-refractivity contribution in [3.05, 3.63) is 46.2 Å². The number of aliphatic hydroxyl groups excluding tert-OH is 2. The van der Waals surface area contributed by atoms with Crippen LogP contribution in [0.2, 0.25) is 0 Å². The number of rotatable bonds is 2. The van der Waals surface area contributed by atoms with Crippen molar-refractivity contribution in [2.24, 2.45) is 17.6 Å². The molecule has 10 heteroatoms. The summed E-state index contributed by atoms with van der Waals surface area (Å²) in [5.74, 6) is -7.95. The number of hydrogen-bond donors (Lipinski definition) is 6. The van der Waals surface area contributed by atoms with Crippen LogP contribution in [-0.2, 0) is 20.0 Å². The maximum absolute atomic E-state index is 13.6. The minimum Gasteiger partial charge on any atom is -0.510 e. The van der Waals surface area contributed by atoms with E-state index in [1.165, 1.54) is 44.1 Å². The molecule has 0 heterocycles. The number of phenolic OH excluding ortho intramolecular Hbond substituents is 1. The van der Waals surface area contributed by atoms with Crippen LogP contribution in [0.4, 0.5) is 0 Å². The number of ketones is 2. The Bertz CT molecular complexity index is 1150. The summed E-state index contributed by atoms with van der Waals surface area (Å²) in [4.78, 5) is 40.1. The summed E-state index contributed by atoms with van der Waals surface area (Å²) in [5.41, 5.74) is -0.647. The second-order valence-electron chi connectivity index (χ2n) is 8.96. The van der Waals surface area contributed by atoms with Crippen molar-refractivity contribution >= 4 is 23.2 Å². The Morgan fingerprint density at radius 2 is 1.75 bits per heavy atom. The number of carbonyl (C=O) groups is 3. The van der Waals surface area contributed by atoms with E-state index in [-0.39, 0.29) is 17.5 Å². The minimum absolute atomic E-state index is 0.170. The molecule has 7 N–H and O–H groups in total. The van der Waals surface area contributed by atoms with Crippen LogP contribution >= 0.6 is 0 Å². The van der Waals surface area contributed by atoms with Crippen LogP contribution in [0.5, 0.6) is 5.75 Å². The molecule has 1 amide bonds. The average Bonchev–Trinajstić information content (AvgIpc) is 2.68. The number of carbonyl (C=O) groups excluding carboxylic acids is 3. The van der Waals surface area contributed by atoms with E-state index in [2.05, 4.69) is 0 Å². The van der Waals surface area contributed by atoms with Crippen molar-refractivity contribution in [3.8, 4) is 5.75 Å². The lowest BCUT2D eigenvalue weighted by molar-refractivity contribution is -0.166. The van der Waals surface area contributed by atoms with E-state index >= 15 is 0 Å². The lowest BCUT2D eigenvalue weighted by Crippen LogP contribution is -2.68. The third-order valence-corrected chi connectivity index (χ3v) is 7.02. The number of likely N-dealkylation sites (N-methyl/N-ethyl adjacent to an activating group) is 1. The molecule has 1 fully saturated rings. The Labute approximate surface area is 182 Å². The highest BCUT2D eigenvalue weighted by atomic mass is 16.3. The fraction of sp³-hybridized carbons (Fsp3) is 0.409. The summed E-state index contributed by atoms with van der Waals surface area (Å²) in [6.45, 7) is 1.40. The molecule has 0 radical (unpaired) electrons. The molecule has 1 saturated carbocycles. The first-order valence-electron chi connectivity index (χ1n) is 9.97. The molecule has 0 bridgehead atoms. The molecule has 1 aromatic rings. The van der Waals surface area contributed by atoms with Crippen LogP contribution in [0.25, 0.3) is 5.76 Å². The van der Waals surface area contributed by atoms with E-state index < -0.39 is 75.0 Å². The molecule has 0 saturated heterocycles. The van der Waals surface area contributed by atoms with Gasteiger partial charge in [-0.15, -0.1) is 0 Å². The van der Waals surface area contributed by atoms with E-state index in [4.69, 9.17) is 5.73 Å². The molecule has 1 aromatic carbocycles. The number of benzene rings is 1. The first kappa shape index (κ1) is 22.0. The Hall–Kier alpha value is -3.21. The summed E-state index contributed by atoms with van der Waals surface area (Å²) in [5, 5.41) is 54.8. The number of nitrogens with zero attached hydrogens (tertiary/aromatic N) is 1. The van der Waals surface area contributed by atoms with Gasteiger partial charge in [0, 0.05) is 17.4 Å². The zero-order chi connectivity index (χ0) is 23.9. The summed E-state index contributed by atoms with van der Waals surface area (Å²) in [6, 6.07) is 3.08. The standard InChI is InChI=1S/C22H24N2O8/c1-21(31)8-5-4-6-11(25)12(8)16(26)13-9(21)7-10-15(24(2)3)17(27)14(20(23)30)19(29)22(10,32)18(13)28/h4-6,9-10,15,25-27,31-32H,7H2,1-3H3,(H2,23,30)/t9?,10?,15-,21+,22-/m0/s1. The molecule has 32 heavy (non-hydrogen) atoms. The van der Waals surface area contributed by atoms with Crippen molar-refractivity contribution < 1.29 is 39.9 Å². The molecule has 2 unspecified atom stereocenters. The molecule has 3 aliphatic carbocycles. The van der Waals surface area contributed by atoms with Crippen LogP contribution in [0, 0.1) is 11.8 Å². The Morgan fingerprint density at radius 1 is 1.12 bits per heavy atom. The third-order valence-electron chi connectivity index (χ3n) is 7.02. The van der Waals surface area contributed by atoms with Crippen LogP contribution in [-0.4, -0.2) is 73.6 Å². The SMILES string of the molecule is CN(C)[C@@H]1C(O)=C(C(N)=O)C(=O)[C@@]2(O)C(=O)C3=C(O)c4c(O)cccc4[C@@](C)(O)C3CC12. The number of nitrogens with two attached hydrogens (primary N) is 1. The van der Waals surface area contributed by atoms with Gasteiger partial charge >= 0.3 is 0 Å². The number of fused-ring (bicyclic) bond motifs is 3. The van der Waals surface area contributed by atoms with Gasteiger partial charge < -0.3 is 31.3 Å². The topological polar surface area (TPSA) is 182 Å². The molecule has 5 atom stereocenters. The largest absolute Gasteiger partial charge is 0.510 e. The fourth-order valence-electron chi connectivity index (χ4n) is 5.51. The number of amides is 1. The van der Waals surface area contributed by atoms with E-state index in [9.17, 15) is 39.9 Å². The summed E-state index contributed by atoms with van der Waals surface area (Å²) in [7, 11) is 3.05.